The third-order valence-corrected chi connectivity index (χ3v) is 5.81. The molecule has 2 amide bonds. The van der Waals surface area contributed by atoms with E-state index in [1.165, 1.54) is 11.8 Å². The quantitative estimate of drug-likeness (QED) is 0.450. The van der Waals surface area contributed by atoms with Crippen molar-refractivity contribution in [2.75, 3.05) is 11.1 Å². The lowest BCUT2D eigenvalue weighted by Crippen LogP contribution is -2.26. The fourth-order valence-corrected chi connectivity index (χ4v) is 4.08. The second kappa shape index (κ2) is 11.2. The highest BCUT2D eigenvalue weighted by atomic mass is 35.5. The molecule has 0 aliphatic carbocycles. The number of aromatic nitrogens is 3. The molecule has 2 N–H and O–H groups in total. The van der Waals surface area contributed by atoms with E-state index in [0.717, 1.165) is 5.56 Å². The van der Waals surface area contributed by atoms with Crippen LogP contribution in [0, 0.1) is 0 Å². The van der Waals surface area contributed by atoms with Gasteiger partial charge in [0.1, 0.15) is 0 Å². The first-order valence-corrected chi connectivity index (χ1v) is 11.3. The normalized spacial score (nSPS) is 10.7. The lowest BCUT2D eigenvalue weighted by Gasteiger charge is -2.09. The Morgan fingerprint density at radius 1 is 1.06 bits per heavy atom. The zero-order valence-electron chi connectivity index (χ0n) is 16.8. The minimum absolute atomic E-state index is 0.0923. The minimum Gasteiger partial charge on any atom is -0.349 e. The van der Waals surface area contributed by atoms with Crippen molar-refractivity contribution in [1.29, 1.82) is 0 Å². The number of halogens is 2. The van der Waals surface area contributed by atoms with Gasteiger partial charge in [0, 0.05) is 11.6 Å². The van der Waals surface area contributed by atoms with Crippen LogP contribution < -0.4 is 10.6 Å². The third kappa shape index (κ3) is 6.72. The van der Waals surface area contributed by atoms with Crippen molar-refractivity contribution in [3.05, 3.63) is 70.0 Å². The van der Waals surface area contributed by atoms with Crippen LogP contribution in [-0.4, -0.2) is 32.3 Å². The first-order valence-electron chi connectivity index (χ1n) is 9.56. The Hall–Kier alpha value is -2.55. The number of nitrogens with one attached hydrogen (secondary N) is 2. The van der Waals surface area contributed by atoms with E-state index in [-0.39, 0.29) is 24.1 Å². The van der Waals surface area contributed by atoms with E-state index in [1.807, 2.05) is 41.8 Å². The van der Waals surface area contributed by atoms with Gasteiger partial charge in [0.2, 0.25) is 11.8 Å². The van der Waals surface area contributed by atoms with Crippen molar-refractivity contribution in [2.45, 2.75) is 31.6 Å². The van der Waals surface area contributed by atoms with Gasteiger partial charge in [-0.05, 0) is 30.7 Å². The van der Waals surface area contributed by atoms with Crippen molar-refractivity contribution in [3.63, 3.8) is 0 Å². The molecule has 0 bridgehead atoms. The van der Waals surface area contributed by atoms with E-state index in [2.05, 4.69) is 20.8 Å². The Bertz CT molecular complexity index is 1060. The van der Waals surface area contributed by atoms with Gasteiger partial charge in [-0.15, -0.1) is 10.2 Å². The average Bonchev–Trinajstić information content (AvgIpc) is 3.15. The van der Waals surface area contributed by atoms with Gasteiger partial charge in [-0.2, -0.15) is 0 Å². The maximum Gasteiger partial charge on any atom is 0.234 e. The summed E-state index contributed by atoms with van der Waals surface area (Å²) in [6.07, 6.45) is 0.302. The Kier molecular flexibility index (Phi) is 8.34. The maximum atomic E-state index is 12.3. The zero-order chi connectivity index (χ0) is 22.2. The van der Waals surface area contributed by atoms with Gasteiger partial charge < -0.3 is 15.2 Å². The van der Waals surface area contributed by atoms with E-state index >= 15 is 0 Å². The maximum absolute atomic E-state index is 12.3. The molecule has 0 saturated heterocycles. The summed E-state index contributed by atoms with van der Waals surface area (Å²) >= 11 is 13.2. The van der Waals surface area contributed by atoms with E-state index in [4.69, 9.17) is 23.2 Å². The lowest BCUT2D eigenvalue weighted by molar-refractivity contribution is -0.120. The van der Waals surface area contributed by atoms with Crippen molar-refractivity contribution in [2.24, 2.45) is 0 Å². The highest BCUT2D eigenvalue weighted by Gasteiger charge is 2.15. The Labute approximate surface area is 194 Å². The van der Waals surface area contributed by atoms with Gasteiger partial charge in [0.15, 0.2) is 11.0 Å². The van der Waals surface area contributed by atoms with Gasteiger partial charge >= 0.3 is 0 Å². The average molecular weight is 478 g/mol. The number of hydrogen-bond acceptors (Lipinski definition) is 5. The van der Waals surface area contributed by atoms with Gasteiger partial charge in [-0.3, -0.25) is 9.59 Å². The molecule has 0 aliphatic rings. The molecule has 3 rings (SSSR count). The summed E-state index contributed by atoms with van der Waals surface area (Å²) in [4.78, 5) is 24.5. The smallest absolute Gasteiger partial charge is 0.234 e. The van der Waals surface area contributed by atoms with E-state index < -0.39 is 0 Å². The SMILES string of the molecule is CCn1c(CNC(=O)Cc2ccccc2)nnc1SCC(=O)Nc1ccc(Cl)cc1Cl. The summed E-state index contributed by atoms with van der Waals surface area (Å²) in [6, 6.07) is 14.4. The summed E-state index contributed by atoms with van der Waals surface area (Å²) in [5.74, 6) is 0.452. The van der Waals surface area contributed by atoms with Gasteiger partial charge in [0.05, 0.1) is 29.4 Å². The standard InChI is InChI=1S/C21H21Cl2N5O2S/c1-2-28-18(12-24-19(29)10-14-6-4-3-5-7-14)26-27-21(28)31-13-20(30)25-17-9-8-15(22)11-16(17)23/h3-9,11H,2,10,12-13H2,1H3,(H,24,29)(H,25,30). The lowest BCUT2D eigenvalue weighted by atomic mass is 10.1. The zero-order valence-corrected chi connectivity index (χ0v) is 19.1. The number of carbonyl (C=O) groups excluding carboxylic acids is 2. The van der Waals surface area contributed by atoms with Gasteiger partial charge in [-0.25, -0.2) is 0 Å². The van der Waals surface area contributed by atoms with Crippen LogP contribution >= 0.6 is 35.0 Å². The molecule has 31 heavy (non-hydrogen) atoms. The molecule has 162 valence electrons. The fourth-order valence-electron chi connectivity index (χ4n) is 2.80. The van der Waals surface area contributed by atoms with Crippen molar-refractivity contribution >= 4 is 52.5 Å². The largest absolute Gasteiger partial charge is 0.349 e. The molecular formula is C21H21Cl2N5O2S. The number of thioether (sulfide) groups is 1. The summed E-state index contributed by atoms with van der Waals surface area (Å²) in [7, 11) is 0. The summed E-state index contributed by atoms with van der Waals surface area (Å²) in [6.45, 7) is 2.83. The molecule has 0 fully saturated rings. The Morgan fingerprint density at radius 3 is 2.55 bits per heavy atom. The fraction of sp³-hybridized carbons (Fsp3) is 0.238. The van der Waals surface area contributed by atoms with Crippen LogP contribution in [0.1, 0.15) is 18.3 Å². The molecule has 0 unspecified atom stereocenters. The van der Waals surface area contributed by atoms with Crippen LogP contribution in [0.5, 0.6) is 0 Å². The molecule has 0 atom stereocenters. The molecule has 7 nitrogen and oxygen atoms in total. The van der Waals surface area contributed by atoms with Crippen LogP contribution in [0.2, 0.25) is 10.0 Å². The van der Waals surface area contributed by atoms with Crippen LogP contribution in [0.15, 0.2) is 53.7 Å². The molecule has 0 aliphatic heterocycles. The highest BCUT2D eigenvalue weighted by molar-refractivity contribution is 7.99. The summed E-state index contributed by atoms with van der Waals surface area (Å²) < 4.78 is 1.87. The predicted octanol–water partition coefficient (Wildman–Crippen LogP) is 4.19. The summed E-state index contributed by atoms with van der Waals surface area (Å²) in [5.41, 5.74) is 1.44. The molecule has 0 saturated carbocycles. The van der Waals surface area contributed by atoms with Crippen LogP contribution in [0.3, 0.4) is 0 Å². The third-order valence-electron chi connectivity index (χ3n) is 4.30. The van der Waals surface area contributed by atoms with Crippen LogP contribution in [0.25, 0.3) is 0 Å². The second-order valence-corrected chi connectivity index (χ2v) is 8.33. The first-order chi connectivity index (χ1) is 15.0. The molecule has 0 radical (unpaired) electrons. The molecule has 10 heteroatoms. The number of anilines is 1. The van der Waals surface area contributed by atoms with Crippen molar-refractivity contribution in [3.8, 4) is 0 Å². The molecule has 1 aromatic heterocycles. The van der Waals surface area contributed by atoms with Crippen LogP contribution in [-0.2, 0) is 29.1 Å². The predicted molar refractivity (Wildman–Crippen MR) is 124 cm³/mol. The van der Waals surface area contributed by atoms with E-state index in [0.29, 0.717) is 39.7 Å². The minimum atomic E-state index is -0.224. The number of carbonyl (C=O) groups is 2. The molecule has 3 aromatic rings. The molecule has 2 aromatic carbocycles. The number of rotatable bonds is 9. The van der Waals surface area contributed by atoms with E-state index in [9.17, 15) is 9.59 Å². The number of nitrogens with zero attached hydrogens (tertiary/aromatic N) is 3. The monoisotopic (exact) mass is 477 g/mol. The molecule has 1 heterocycles. The van der Waals surface area contributed by atoms with E-state index in [1.54, 1.807) is 18.2 Å². The number of hydrogen-bond donors (Lipinski definition) is 2. The van der Waals surface area contributed by atoms with Gasteiger partial charge in [-0.1, -0.05) is 65.3 Å². The van der Waals surface area contributed by atoms with Crippen LogP contribution in [0.4, 0.5) is 5.69 Å². The summed E-state index contributed by atoms with van der Waals surface area (Å²) in [5, 5.41) is 15.4. The number of benzene rings is 2. The Balaban J connectivity index is 1.53. The second-order valence-electron chi connectivity index (χ2n) is 6.54. The molecular weight excluding hydrogens is 457 g/mol. The molecule has 0 spiro atoms. The Morgan fingerprint density at radius 2 is 1.84 bits per heavy atom. The topological polar surface area (TPSA) is 88.9 Å². The van der Waals surface area contributed by atoms with Crippen molar-refractivity contribution < 1.29 is 9.59 Å². The van der Waals surface area contributed by atoms with Crippen molar-refractivity contribution in [1.82, 2.24) is 20.1 Å². The highest BCUT2D eigenvalue weighted by Crippen LogP contribution is 2.26. The van der Waals surface area contributed by atoms with Gasteiger partial charge in [0.25, 0.3) is 0 Å². The first kappa shape index (κ1) is 23.1. The number of amides is 2.